The van der Waals surface area contributed by atoms with Crippen LogP contribution in [-0.4, -0.2) is 65.5 Å². The largest absolute Gasteiger partial charge is 0.454 e. The number of fused-ring (bicyclic) bond motifs is 2. The molecule has 6 rings (SSSR count). The number of benzene rings is 1. The molecule has 0 radical (unpaired) electrons. The van der Waals surface area contributed by atoms with Crippen LogP contribution >= 0.6 is 0 Å². The number of anilines is 3. The molecule has 4 aromatic heterocycles. The second-order valence-electron chi connectivity index (χ2n) is 10.1. The van der Waals surface area contributed by atoms with Gasteiger partial charge in [-0.3, -0.25) is 4.79 Å². The first-order valence-electron chi connectivity index (χ1n) is 12.8. The van der Waals surface area contributed by atoms with E-state index in [1.165, 1.54) is 23.2 Å². The van der Waals surface area contributed by atoms with Crippen molar-refractivity contribution in [3.63, 3.8) is 0 Å². The highest BCUT2D eigenvalue weighted by atomic mass is 19.1. The summed E-state index contributed by atoms with van der Waals surface area (Å²) in [7, 11) is 0. The van der Waals surface area contributed by atoms with Crippen molar-refractivity contribution in [3.05, 3.63) is 79.5 Å². The Hall–Kier alpha value is -5.20. The average Bonchev–Trinajstić information content (AvgIpc) is 3.43. The first kappa shape index (κ1) is 26.0. The number of hydrogen-bond donors (Lipinski definition) is 1. The zero-order valence-corrected chi connectivity index (χ0v) is 22.3. The van der Waals surface area contributed by atoms with E-state index in [2.05, 4.69) is 36.8 Å². The maximum Gasteiger partial charge on any atom is 0.246 e. The zero-order valence-electron chi connectivity index (χ0n) is 22.3. The van der Waals surface area contributed by atoms with Crippen molar-refractivity contribution < 1.29 is 18.3 Å². The summed E-state index contributed by atoms with van der Waals surface area (Å²) in [6.07, 6.45) is 5.62. The summed E-state index contributed by atoms with van der Waals surface area (Å²) in [4.78, 5) is 33.5. The van der Waals surface area contributed by atoms with Gasteiger partial charge in [0, 0.05) is 44.0 Å². The Balaban J connectivity index is 1.26. The molecule has 1 aliphatic rings. The topological polar surface area (TPSA) is 114 Å². The van der Waals surface area contributed by atoms with E-state index in [4.69, 9.17) is 9.72 Å². The predicted octanol–water partition coefficient (Wildman–Crippen LogP) is 4.49. The maximum atomic E-state index is 15.2. The molecule has 208 valence electrons. The Bertz CT molecular complexity index is 1810. The summed E-state index contributed by atoms with van der Waals surface area (Å²) in [5.41, 5.74) is 0.803. The molecule has 0 bridgehead atoms. The highest BCUT2D eigenvalue weighted by molar-refractivity contribution is 5.89. The molecule has 41 heavy (non-hydrogen) atoms. The van der Waals surface area contributed by atoms with Gasteiger partial charge in [0.25, 0.3) is 0 Å². The molecule has 1 saturated heterocycles. The van der Waals surface area contributed by atoms with E-state index in [1.54, 1.807) is 29.3 Å². The van der Waals surface area contributed by atoms with Crippen molar-refractivity contribution in [2.45, 2.75) is 19.4 Å². The Labute approximate surface area is 233 Å². The molecule has 11 nitrogen and oxygen atoms in total. The molecule has 0 aliphatic carbocycles. The molecule has 1 aliphatic heterocycles. The van der Waals surface area contributed by atoms with Gasteiger partial charge >= 0.3 is 0 Å². The molecular formula is C28H25F2N9O2. The fourth-order valence-corrected chi connectivity index (χ4v) is 4.88. The van der Waals surface area contributed by atoms with Crippen LogP contribution in [0.1, 0.15) is 13.8 Å². The third-order valence-corrected chi connectivity index (χ3v) is 6.89. The fraction of sp³-hybridized carbons (Fsp3) is 0.214. The van der Waals surface area contributed by atoms with Crippen LogP contribution in [0.25, 0.3) is 16.7 Å². The van der Waals surface area contributed by atoms with E-state index >= 15 is 8.78 Å². The quantitative estimate of drug-likeness (QED) is 0.302. The van der Waals surface area contributed by atoms with Gasteiger partial charge in [0.2, 0.25) is 5.91 Å². The summed E-state index contributed by atoms with van der Waals surface area (Å²) in [5.74, 6) is -0.811. The number of hydrogen-bond acceptors (Lipinski definition) is 9. The number of piperazine rings is 1. The fourth-order valence-electron chi connectivity index (χ4n) is 4.88. The summed E-state index contributed by atoms with van der Waals surface area (Å²) < 4.78 is 37.3. The molecule has 5 aromatic rings. The average molecular weight is 558 g/mol. The van der Waals surface area contributed by atoms with Crippen molar-refractivity contribution in [1.82, 2.24) is 34.4 Å². The zero-order chi connectivity index (χ0) is 28.7. The van der Waals surface area contributed by atoms with Crippen LogP contribution in [0.2, 0.25) is 0 Å². The number of ether oxygens (including phenoxy) is 1. The number of aromatic nitrogens is 6. The lowest BCUT2D eigenvalue weighted by Gasteiger charge is -2.47. The molecule has 0 unspecified atom stereocenters. The molecule has 0 spiro atoms. The second kappa shape index (κ2) is 10.1. The van der Waals surface area contributed by atoms with Crippen LogP contribution in [0, 0.1) is 11.6 Å². The number of carbonyl (C=O) groups excluding carboxylic acids is 1. The second-order valence-corrected chi connectivity index (χ2v) is 10.1. The number of amides is 1. The Morgan fingerprint density at radius 1 is 1.07 bits per heavy atom. The Morgan fingerprint density at radius 3 is 2.73 bits per heavy atom. The Morgan fingerprint density at radius 2 is 1.93 bits per heavy atom. The smallest absolute Gasteiger partial charge is 0.246 e. The molecule has 0 saturated carbocycles. The van der Waals surface area contributed by atoms with Crippen molar-refractivity contribution in [2.24, 2.45) is 0 Å². The van der Waals surface area contributed by atoms with Gasteiger partial charge in [0.15, 0.2) is 28.8 Å². The number of halogens is 2. The molecule has 0 atom stereocenters. The van der Waals surface area contributed by atoms with Gasteiger partial charge in [-0.15, -0.1) is 0 Å². The number of carbonyl (C=O) groups is 1. The van der Waals surface area contributed by atoms with Gasteiger partial charge in [-0.1, -0.05) is 6.58 Å². The summed E-state index contributed by atoms with van der Waals surface area (Å²) in [6, 6.07) is 8.71. The van der Waals surface area contributed by atoms with Gasteiger partial charge in [-0.25, -0.2) is 33.2 Å². The minimum absolute atomic E-state index is 0.122. The summed E-state index contributed by atoms with van der Waals surface area (Å²) in [5, 5.41) is 6.85. The third-order valence-electron chi connectivity index (χ3n) is 6.89. The highest BCUT2D eigenvalue weighted by Gasteiger charge is 2.36. The normalized spacial score (nSPS) is 14.8. The summed E-state index contributed by atoms with van der Waals surface area (Å²) in [6.45, 7) is 9.16. The van der Waals surface area contributed by atoms with Gasteiger partial charge < -0.3 is 19.9 Å². The number of rotatable bonds is 6. The van der Waals surface area contributed by atoms with Crippen molar-refractivity contribution in [2.75, 3.05) is 29.9 Å². The van der Waals surface area contributed by atoms with Gasteiger partial charge in [-0.2, -0.15) is 5.10 Å². The SMILES string of the molecule is C=CC(=O)N1CCN(c2ccc3ncnc(Nc4cc(F)c(Oc5ccn6ncnc6c5)cc4F)c3n2)CC1(C)C. The third kappa shape index (κ3) is 4.97. The van der Waals surface area contributed by atoms with E-state index in [9.17, 15) is 4.79 Å². The highest BCUT2D eigenvalue weighted by Crippen LogP contribution is 2.32. The van der Waals surface area contributed by atoms with Crippen LogP contribution in [0.15, 0.2) is 67.9 Å². The molecule has 1 amide bonds. The lowest BCUT2D eigenvalue weighted by molar-refractivity contribution is -0.131. The molecule has 1 aromatic carbocycles. The van der Waals surface area contributed by atoms with Crippen LogP contribution in [0.3, 0.4) is 0 Å². The molecular weight excluding hydrogens is 532 g/mol. The molecule has 5 heterocycles. The van der Waals surface area contributed by atoms with Crippen LogP contribution < -0.4 is 15.0 Å². The van der Waals surface area contributed by atoms with Crippen molar-refractivity contribution in [1.29, 1.82) is 0 Å². The Kier molecular flexibility index (Phi) is 6.40. The van der Waals surface area contributed by atoms with E-state index in [0.717, 1.165) is 12.1 Å². The van der Waals surface area contributed by atoms with Gasteiger partial charge in [-0.05, 0) is 38.1 Å². The number of nitrogens with zero attached hydrogens (tertiary/aromatic N) is 8. The van der Waals surface area contributed by atoms with Gasteiger partial charge in [0.1, 0.15) is 29.7 Å². The van der Waals surface area contributed by atoms with Crippen LogP contribution in [-0.2, 0) is 4.79 Å². The molecule has 1 fully saturated rings. The molecule has 13 heteroatoms. The van der Waals surface area contributed by atoms with Gasteiger partial charge in [0.05, 0.1) is 16.7 Å². The minimum atomic E-state index is -0.781. The lowest BCUT2D eigenvalue weighted by Crippen LogP contribution is -2.61. The predicted molar refractivity (Wildman–Crippen MR) is 148 cm³/mol. The van der Waals surface area contributed by atoms with E-state index < -0.39 is 17.2 Å². The first-order valence-corrected chi connectivity index (χ1v) is 12.8. The number of pyridine rings is 2. The maximum absolute atomic E-state index is 15.2. The monoisotopic (exact) mass is 557 g/mol. The van der Waals surface area contributed by atoms with E-state index in [0.29, 0.717) is 42.1 Å². The molecule has 1 N–H and O–H groups in total. The van der Waals surface area contributed by atoms with Crippen LogP contribution in [0.5, 0.6) is 11.5 Å². The van der Waals surface area contributed by atoms with E-state index in [1.807, 2.05) is 19.9 Å². The minimum Gasteiger partial charge on any atom is -0.454 e. The van der Waals surface area contributed by atoms with Crippen molar-refractivity contribution >= 4 is 39.9 Å². The van der Waals surface area contributed by atoms with E-state index in [-0.39, 0.29) is 28.9 Å². The van der Waals surface area contributed by atoms with Crippen molar-refractivity contribution in [3.8, 4) is 11.5 Å². The summed E-state index contributed by atoms with van der Waals surface area (Å²) >= 11 is 0. The standard InChI is InChI=1S/C28H25F2N9O2/c1-4-25(40)38-10-9-37(14-28(38,2)3)23-6-5-20-26(36-23)27(33-15-31-20)35-21-12-19(30)22(13-18(21)29)41-17-7-8-39-24(11-17)32-16-34-39/h4-8,11-13,15-16H,1,9-10,14H2,2-3H3,(H,31,33,35). The lowest BCUT2D eigenvalue weighted by atomic mass is 9.98. The number of nitrogens with one attached hydrogen (secondary N) is 1. The first-order chi connectivity index (χ1) is 19.7. The van der Waals surface area contributed by atoms with Crippen LogP contribution in [0.4, 0.5) is 26.1 Å².